The zero-order valence-corrected chi connectivity index (χ0v) is 20.6. The SMILES string of the molecule is COc1cc(C(=O)O)c(F)cc1NS(=O)(=O)c1ccn(-c2ccc(C3CCC(C)(C)CC3)cc2)n1. The van der Waals surface area contributed by atoms with Crippen LogP contribution in [0.2, 0.25) is 0 Å². The molecule has 2 aromatic carbocycles. The van der Waals surface area contributed by atoms with E-state index in [0.29, 0.717) is 17.0 Å². The molecule has 10 heteroatoms. The minimum Gasteiger partial charge on any atom is -0.495 e. The molecule has 0 radical (unpaired) electrons. The maximum absolute atomic E-state index is 14.1. The number of carboxylic acids is 1. The molecule has 1 heterocycles. The Labute approximate surface area is 203 Å². The quantitative estimate of drug-likeness (QED) is 0.460. The van der Waals surface area contributed by atoms with Gasteiger partial charge in [-0.3, -0.25) is 4.72 Å². The Bertz CT molecular complexity index is 1340. The summed E-state index contributed by atoms with van der Waals surface area (Å²) in [7, 11) is -2.97. The number of nitrogens with zero attached hydrogens (tertiary/aromatic N) is 2. The molecule has 0 amide bonds. The number of aromatic carboxylic acids is 1. The fourth-order valence-corrected chi connectivity index (χ4v) is 5.38. The number of methoxy groups -OCH3 is 1. The fraction of sp³-hybridized carbons (Fsp3) is 0.360. The maximum Gasteiger partial charge on any atom is 0.338 e. The van der Waals surface area contributed by atoms with Crippen LogP contribution in [0.25, 0.3) is 5.69 Å². The molecule has 0 atom stereocenters. The number of ether oxygens (including phenoxy) is 1. The second-order valence-electron chi connectivity index (χ2n) is 9.57. The smallest absolute Gasteiger partial charge is 0.338 e. The van der Waals surface area contributed by atoms with E-state index in [9.17, 15) is 17.6 Å². The van der Waals surface area contributed by atoms with Crippen LogP contribution in [-0.2, 0) is 10.0 Å². The molecule has 0 unspecified atom stereocenters. The molecule has 0 bridgehead atoms. The summed E-state index contributed by atoms with van der Waals surface area (Å²) in [5, 5.41) is 13.0. The molecule has 0 saturated heterocycles. The number of aromatic nitrogens is 2. The molecule has 3 aromatic rings. The number of hydrogen-bond acceptors (Lipinski definition) is 5. The van der Waals surface area contributed by atoms with Crippen LogP contribution in [0.1, 0.15) is 61.4 Å². The van der Waals surface area contributed by atoms with E-state index < -0.39 is 27.4 Å². The van der Waals surface area contributed by atoms with Crippen LogP contribution in [0.5, 0.6) is 5.75 Å². The van der Waals surface area contributed by atoms with E-state index in [1.165, 1.54) is 42.5 Å². The van der Waals surface area contributed by atoms with Gasteiger partial charge in [0.2, 0.25) is 0 Å². The second kappa shape index (κ2) is 9.33. The van der Waals surface area contributed by atoms with Crippen molar-refractivity contribution in [3.63, 3.8) is 0 Å². The minimum atomic E-state index is -4.20. The standard InChI is InChI=1S/C25H28FN3O5S/c1-25(2)11-8-17(9-12-25)16-4-6-18(7-5-16)29-13-10-23(27-29)35(32,33)28-21-15-20(26)19(24(30)31)14-22(21)34-3/h4-7,10,13-15,17,28H,8-9,11-12H2,1-3H3,(H,30,31). The number of rotatable bonds is 7. The van der Waals surface area contributed by atoms with Crippen molar-refractivity contribution in [1.29, 1.82) is 0 Å². The third-order valence-corrected chi connectivity index (χ3v) is 7.83. The summed E-state index contributed by atoms with van der Waals surface area (Å²) >= 11 is 0. The van der Waals surface area contributed by atoms with Crippen molar-refractivity contribution in [2.24, 2.45) is 5.41 Å². The van der Waals surface area contributed by atoms with Crippen LogP contribution in [0, 0.1) is 11.2 Å². The first kappa shape index (κ1) is 24.7. The first-order valence-electron chi connectivity index (χ1n) is 11.3. The largest absolute Gasteiger partial charge is 0.495 e. The van der Waals surface area contributed by atoms with Gasteiger partial charge < -0.3 is 9.84 Å². The van der Waals surface area contributed by atoms with Gasteiger partial charge in [-0.25, -0.2) is 13.9 Å². The molecule has 1 saturated carbocycles. The summed E-state index contributed by atoms with van der Waals surface area (Å²) in [5.74, 6) is -2.19. The lowest BCUT2D eigenvalue weighted by Crippen LogP contribution is -2.20. The van der Waals surface area contributed by atoms with Crippen LogP contribution in [0.4, 0.5) is 10.1 Å². The van der Waals surface area contributed by atoms with Gasteiger partial charge in [0.25, 0.3) is 10.0 Å². The predicted octanol–water partition coefficient (Wildman–Crippen LogP) is 5.20. The Morgan fingerprint density at radius 2 is 1.83 bits per heavy atom. The normalized spacial score (nSPS) is 16.1. The number of halogens is 1. The van der Waals surface area contributed by atoms with E-state index >= 15 is 0 Å². The summed E-state index contributed by atoms with van der Waals surface area (Å²) in [6, 6.07) is 11.0. The van der Waals surface area contributed by atoms with E-state index in [4.69, 9.17) is 9.84 Å². The lowest BCUT2D eigenvalue weighted by Gasteiger charge is -2.34. The van der Waals surface area contributed by atoms with Crippen molar-refractivity contribution in [3.8, 4) is 11.4 Å². The van der Waals surface area contributed by atoms with Gasteiger partial charge in [0.15, 0.2) is 5.03 Å². The number of nitrogens with one attached hydrogen (secondary N) is 1. The molecule has 0 aliphatic heterocycles. The summed E-state index contributed by atoms with van der Waals surface area (Å²) < 4.78 is 48.6. The Balaban J connectivity index is 1.52. The van der Waals surface area contributed by atoms with Crippen LogP contribution in [-0.4, -0.2) is 36.4 Å². The maximum atomic E-state index is 14.1. The minimum absolute atomic E-state index is 0.131. The van der Waals surface area contributed by atoms with Gasteiger partial charge in [-0.1, -0.05) is 26.0 Å². The van der Waals surface area contributed by atoms with E-state index in [0.717, 1.165) is 25.0 Å². The molecule has 8 nitrogen and oxygen atoms in total. The number of carbonyl (C=O) groups is 1. The third kappa shape index (κ3) is 5.32. The summed E-state index contributed by atoms with van der Waals surface area (Å²) in [6.07, 6.45) is 6.22. The van der Waals surface area contributed by atoms with Gasteiger partial charge in [-0.05, 0) is 66.8 Å². The molecule has 1 aliphatic rings. The van der Waals surface area contributed by atoms with Crippen LogP contribution >= 0.6 is 0 Å². The molecular formula is C25H28FN3O5S. The van der Waals surface area contributed by atoms with E-state index in [1.807, 2.05) is 12.1 Å². The van der Waals surface area contributed by atoms with Crippen molar-refractivity contribution in [3.05, 3.63) is 65.6 Å². The number of carboxylic acid groups (broad SMARTS) is 1. The zero-order valence-electron chi connectivity index (χ0n) is 19.8. The highest BCUT2D eigenvalue weighted by molar-refractivity contribution is 7.92. The van der Waals surface area contributed by atoms with Crippen molar-refractivity contribution < 1.29 is 27.4 Å². The summed E-state index contributed by atoms with van der Waals surface area (Å²) in [5.41, 5.74) is 1.51. The number of anilines is 1. The number of benzene rings is 2. The molecule has 186 valence electrons. The highest BCUT2D eigenvalue weighted by Gasteiger charge is 2.27. The second-order valence-corrected chi connectivity index (χ2v) is 11.2. The van der Waals surface area contributed by atoms with Gasteiger partial charge in [0.1, 0.15) is 11.6 Å². The zero-order chi connectivity index (χ0) is 25.4. The number of sulfonamides is 1. The fourth-order valence-electron chi connectivity index (χ4n) is 4.39. The number of hydrogen-bond donors (Lipinski definition) is 2. The average molecular weight is 502 g/mol. The molecule has 0 spiro atoms. The summed E-state index contributed by atoms with van der Waals surface area (Å²) in [4.78, 5) is 11.1. The van der Waals surface area contributed by atoms with E-state index in [1.54, 1.807) is 0 Å². The molecule has 1 aromatic heterocycles. The molecule has 4 rings (SSSR count). The average Bonchev–Trinajstić information content (AvgIpc) is 3.30. The Morgan fingerprint density at radius 3 is 2.43 bits per heavy atom. The first-order valence-corrected chi connectivity index (χ1v) is 12.8. The van der Waals surface area contributed by atoms with E-state index in [-0.39, 0.29) is 16.5 Å². The Morgan fingerprint density at radius 1 is 1.17 bits per heavy atom. The van der Waals surface area contributed by atoms with Crippen LogP contribution in [0.3, 0.4) is 0 Å². The monoisotopic (exact) mass is 501 g/mol. The first-order chi connectivity index (χ1) is 16.5. The molecule has 2 N–H and O–H groups in total. The van der Waals surface area contributed by atoms with Gasteiger partial charge in [-0.2, -0.15) is 13.5 Å². The van der Waals surface area contributed by atoms with Crippen LogP contribution < -0.4 is 9.46 Å². The summed E-state index contributed by atoms with van der Waals surface area (Å²) in [6.45, 7) is 4.62. The lowest BCUT2D eigenvalue weighted by atomic mass is 9.71. The van der Waals surface area contributed by atoms with Gasteiger partial charge in [0.05, 0.1) is 24.0 Å². The lowest BCUT2D eigenvalue weighted by molar-refractivity contribution is 0.0691. The Hall–Kier alpha value is -3.40. The molecule has 35 heavy (non-hydrogen) atoms. The van der Waals surface area contributed by atoms with Crippen molar-refractivity contribution in [2.45, 2.75) is 50.5 Å². The molecular weight excluding hydrogens is 473 g/mol. The predicted molar refractivity (Wildman–Crippen MR) is 129 cm³/mol. The van der Waals surface area contributed by atoms with Crippen molar-refractivity contribution in [2.75, 3.05) is 11.8 Å². The Kier molecular flexibility index (Phi) is 6.59. The van der Waals surface area contributed by atoms with Gasteiger partial charge in [0, 0.05) is 12.3 Å². The van der Waals surface area contributed by atoms with Crippen LogP contribution in [0.15, 0.2) is 53.7 Å². The molecule has 1 aliphatic carbocycles. The highest BCUT2D eigenvalue weighted by atomic mass is 32.2. The van der Waals surface area contributed by atoms with E-state index in [2.05, 4.69) is 35.8 Å². The third-order valence-electron chi connectivity index (χ3n) is 6.57. The van der Waals surface area contributed by atoms with Crippen molar-refractivity contribution >= 4 is 21.7 Å². The molecule has 1 fully saturated rings. The van der Waals surface area contributed by atoms with Crippen molar-refractivity contribution in [1.82, 2.24) is 9.78 Å². The highest BCUT2D eigenvalue weighted by Crippen LogP contribution is 2.42. The topological polar surface area (TPSA) is 111 Å². The van der Waals surface area contributed by atoms with Gasteiger partial charge >= 0.3 is 5.97 Å². The van der Waals surface area contributed by atoms with Gasteiger partial charge in [-0.15, -0.1) is 0 Å².